The zero-order valence-electron chi connectivity index (χ0n) is 8.86. The second-order valence-corrected chi connectivity index (χ2v) is 3.85. The highest BCUT2D eigenvalue weighted by molar-refractivity contribution is 6.09. The monoisotopic (exact) mass is 221 g/mol. The third kappa shape index (κ3) is 1.25. The minimum absolute atomic E-state index is 0.359. The Labute approximate surface area is 96.2 Å². The van der Waals surface area contributed by atoms with Crippen molar-refractivity contribution >= 4 is 28.1 Å². The third-order valence-electron chi connectivity index (χ3n) is 2.84. The normalized spacial score (nSPS) is 10.8. The van der Waals surface area contributed by atoms with Gasteiger partial charge in [-0.05, 0) is 17.5 Å². The number of nitrogens with zero attached hydrogens (tertiary/aromatic N) is 1. The lowest BCUT2D eigenvalue weighted by Crippen LogP contribution is -2.12. The van der Waals surface area contributed by atoms with Crippen molar-refractivity contribution in [1.82, 2.24) is 0 Å². The smallest absolute Gasteiger partial charge is 0.344 e. The van der Waals surface area contributed by atoms with Gasteiger partial charge in [0.15, 0.2) is 0 Å². The van der Waals surface area contributed by atoms with E-state index in [0.29, 0.717) is 16.4 Å². The third-order valence-corrected chi connectivity index (χ3v) is 2.84. The Morgan fingerprint density at radius 3 is 2.82 bits per heavy atom. The fraction of sp³-hybridized carbons (Fsp3) is 0. The molecule has 80 valence electrons. The number of rotatable bonds is 0. The van der Waals surface area contributed by atoms with Gasteiger partial charge in [-0.1, -0.05) is 24.8 Å². The summed E-state index contributed by atoms with van der Waals surface area (Å²) in [5.74, 6) is 0. The molecule has 1 heterocycles. The van der Waals surface area contributed by atoms with Crippen LogP contribution in [0.15, 0.2) is 39.5 Å². The minimum Gasteiger partial charge on any atom is -0.423 e. The lowest BCUT2D eigenvalue weighted by Gasteiger charge is -2.04. The molecule has 0 atom stereocenters. The zero-order valence-corrected chi connectivity index (χ0v) is 8.86. The lowest BCUT2D eigenvalue weighted by atomic mass is 10.0. The Bertz CT molecular complexity index is 884. The highest BCUT2D eigenvalue weighted by atomic mass is 16.4. The van der Waals surface area contributed by atoms with Crippen LogP contribution in [-0.2, 0) is 0 Å². The van der Waals surface area contributed by atoms with Crippen LogP contribution in [0.25, 0.3) is 28.1 Å². The van der Waals surface area contributed by atoms with E-state index in [2.05, 4.69) is 6.58 Å². The second-order valence-electron chi connectivity index (χ2n) is 3.85. The molecule has 3 heteroatoms. The SMILES string of the molecule is C=c1oc(=O)c2cc(C#N)cc3cccc1c32. The van der Waals surface area contributed by atoms with Gasteiger partial charge in [0.1, 0.15) is 5.42 Å². The summed E-state index contributed by atoms with van der Waals surface area (Å²) in [6.45, 7) is 3.72. The molecule has 2 aromatic carbocycles. The molecule has 0 saturated carbocycles. The first kappa shape index (κ1) is 9.61. The van der Waals surface area contributed by atoms with Crippen LogP contribution in [0.4, 0.5) is 0 Å². The summed E-state index contributed by atoms with van der Waals surface area (Å²) in [6.07, 6.45) is 0. The van der Waals surface area contributed by atoms with Crippen molar-refractivity contribution in [2.75, 3.05) is 0 Å². The molecule has 3 nitrogen and oxygen atoms in total. The van der Waals surface area contributed by atoms with Crippen LogP contribution in [0.2, 0.25) is 0 Å². The molecule has 0 saturated heterocycles. The Morgan fingerprint density at radius 2 is 2.06 bits per heavy atom. The summed E-state index contributed by atoms with van der Waals surface area (Å²) < 4.78 is 5.06. The largest absolute Gasteiger partial charge is 0.423 e. The maximum absolute atomic E-state index is 11.8. The number of benzene rings is 2. The summed E-state index contributed by atoms with van der Waals surface area (Å²) in [6, 6.07) is 10.9. The lowest BCUT2D eigenvalue weighted by molar-refractivity contribution is 0.494. The summed E-state index contributed by atoms with van der Waals surface area (Å²) in [5, 5.41) is 11.8. The topological polar surface area (TPSA) is 54.0 Å². The van der Waals surface area contributed by atoms with Crippen LogP contribution in [0, 0.1) is 11.3 Å². The van der Waals surface area contributed by atoms with Crippen LogP contribution < -0.4 is 11.0 Å². The first-order valence-corrected chi connectivity index (χ1v) is 5.09. The first-order chi connectivity index (χ1) is 8.20. The molecule has 0 aliphatic carbocycles. The van der Waals surface area contributed by atoms with Gasteiger partial charge in [-0.2, -0.15) is 5.26 Å². The summed E-state index contributed by atoms with van der Waals surface area (Å²) >= 11 is 0. The fourth-order valence-corrected chi connectivity index (χ4v) is 2.11. The molecular formula is C14H7NO2. The Balaban J connectivity index is 2.77. The summed E-state index contributed by atoms with van der Waals surface area (Å²) in [5.41, 5.74) is 0.364. The van der Waals surface area contributed by atoms with Crippen molar-refractivity contribution in [3.05, 3.63) is 51.7 Å². The van der Waals surface area contributed by atoms with Gasteiger partial charge in [-0.25, -0.2) is 4.79 Å². The Morgan fingerprint density at radius 1 is 1.24 bits per heavy atom. The average Bonchev–Trinajstić information content (AvgIpc) is 2.35. The highest BCUT2D eigenvalue weighted by Gasteiger charge is 2.09. The molecule has 0 bridgehead atoms. The maximum atomic E-state index is 11.8. The van der Waals surface area contributed by atoms with Crippen LogP contribution in [-0.4, -0.2) is 0 Å². The molecule has 0 spiro atoms. The van der Waals surface area contributed by atoms with Gasteiger partial charge in [-0.3, -0.25) is 0 Å². The van der Waals surface area contributed by atoms with Gasteiger partial charge < -0.3 is 4.42 Å². The second kappa shape index (κ2) is 3.19. The van der Waals surface area contributed by atoms with Crippen LogP contribution in [0.3, 0.4) is 0 Å². The van der Waals surface area contributed by atoms with Gasteiger partial charge >= 0.3 is 5.63 Å². The van der Waals surface area contributed by atoms with E-state index >= 15 is 0 Å². The minimum atomic E-state index is -0.448. The predicted octanol–water partition coefficient (Wildman–Crippen LogP) is 1.95. The van der Waals surface area contributed by atoms with Gasteiger partial charge in [-0.15, -0.1) is 0 Å². The molecular weight excluding hydrogens is 214 g/mol. The quantitative estimate of drug-likeness (QED) is 0.583. The van der Waals surface area contributed by atoms with E-state index in [4.69, 9.17) is 9.68 Å². The maximum Gasteiger partial charge on any atom is 0.344 e. The number of hydrogen-bond acceptors (Lipinski definition) is 3. The molecule has 0 aliphatic heterocycles. The highest BCUT2D eigenvalue weighted by Crippen LogP contribution is 2.23. The van der Waals surface area contributed by atoms with Crippen molar-refractivity contribution in [3.8, 4) is 6.07 Å². The van der Waals surface area contributed by atoms with Gasteiger partial charge in [0, 0.05) is 10.8 Å². The zero-order chi connectivity index (χ0) is 12.0. The first-order valence-electron chi connectivity index (χ1n) is 5.09. The summed E-state index contributed by atoms with van der Waals surface area (Å²) in [4.78, 5) is 11.8. The van der Waals surface area contributed by atoms with E-state index in [9.17, 15) is 4.79 Å². The van der Waals surface area contributed by atoms with E-state index in [0.717, 1.165) is 16.2 Å². The Kier molecular flexibility index (Phi) is 1.81. The van der Waals surface area contributed by atoms with Crippen molar-refractivity contribution in [3.63, 3.8) is 0 Å². The average molecular weight is 221 g/mol. The van der Waals surface area contributed by atoms with E-state index in [1.807, 2.05) is 24.3 Å². The molecule has 3 rings (SSSR count). The molecule has 0 fully saturated rings. The van der Waals surface area contributed by atoms with E-state index in [-0.39, 0.29) is 0 Å². The van der Waals surface area contributed by atoms with E-state index in [1.54, 1.807) is 12.1 Å². The van der Waals surface area contributed by atoms with Crippen LogP contribution >= 0.6 is 0 Å². The van der Waals surface area contributed by atoms with Gasteiger partial charge in [0.25, 0.3) is 0 Å². The van der Waals surface area contributed by atoms with Crippen molar-refractivity contribution < 1.29 is 4.42 Å². The van der Waals surface area contributed by atoms with Crippen molar-refractivity contribution in [1.29, 1.82) is 5.26 Å². The van der Waals surface area contributed by atoms with Gasteiger partial charge in [0.2, 0.25) is 0 Å². The van der Waals surface area contributed by atoms with E-state index < -0.39 is 5.63 Å². The van der Waals surface area contributed by atoms with Crippen molar-refractivity contribution in [2.45, 2.75) is 0 Å². The van der Waals surface area contributed by atoms with E-state index in [1.165, 1.54) is 0 Å². The number of nitriles is 1. The summed E-state index contributed by atoms with van der Waals surface area (Å²) in [7, 11) is 0. The molecule has 0 amide bonds. The molecule has 17 heavy (non-hydrogen) atoms. The molecule has 1 aromatic heterocycles. The molecule has 0 unspecified atom stereocenters. The Hall–Kier alpha value is -2.60. The van der Waals surface area contributed by atoms with Crippen LogP contribution in [0.1, 0.15) is 5.56 Å². The molecule has 3 aromatic rings. The standard InChI is InChI=1S/C14H7NO2/c1-8-11-4-2-3-10-5-9(7-15)6-12(13(10)11)14(16)17-8/h2-6H,1H2. The fourth-order valence-electron chi connectivity index (χ4n) is 2.11. The van der Waals surface area contributed by atoms with Crippen LogP contribution in [0.5, 0.6) is 0 Å². The molecule has 0 radical (unpaired) electrons. The van der Waals surface area contributed by atoms with Gasteiger partial charge in [0.05, 0.1) is 17.0 Å². The molecule has 0 aliphatic rings. The molecule has 0 N–H and O–H groups in total. The van der Waals surface area contributed by atoms with Crippen molar-refractivity contribution in [2.24, 2.45) is 0 Å². The predicted molar refractivity (Wildman–Crippen MR) is 65.4 cm³/mol. The number of hydrogen-bond donors (Lipinski definition) is 0.